The van der Waals surface area contributed by atoms with Crippen LogP contribution in [0.25, 0.3) is 0 Å². The molecule has 4 heteroatoms. The summed E-state index contributed by atoms with van der Waals surface area (Å²) in [4.78, 5) is 0. The lowest BCUT2D eigenvalue weighted by Gasteiger charge is -2.59. The predicted molar refractivity (Wildman–Crippen MR) is 110 cm³/mol. The molecule has 0 N–H and O–H groups in total. The Morgan fingerprint density at radius 2 is 1.52 bits per heavy atom. The Kier molecular flexibility index (Phi) is 4.19. The molecule has 6 rings (SSSR count). The van der Waals surface area contributed by atoms with Gasteiger partial charge in [-0.1, -0.05) is 25.5 Å². The van der Waals surface area contributed by atoms with Gasteiger partial charge in [-0.05, 0) is 74.0 Å². The van der Waals surface area contributed by atoms with E-state index in [1.807, 2.05) is 0 Å². The minimum Gasteiger partial charge on any atom is -0.348 e. The maximum atomic E-state index is 6.17. The molecule has 4 aliphatic carbocycles. The molecule has 2 heterocycles. The van der Waals surface area contributed by atoms with Gasteiger partial charge in [0, 0.05) is 18.8 Å². The molecule has 6 aliphatic rings. The molecule has 3 saturated carbocycles. The van der Waals surface area contributed by atoms with E-state index in [1.165, 1.54) is 38.5 Å². The summed E-state index contributed by atoms with van der Waals surface area (Å²) in [6.45, 7) is 10.4. The molecule has 2 aliphatic heterocycles. The highest BCUT2D eigenvalue weighted by atomic mass is 16.7. The molecule has 5 fully saturated rings. The van der Waals surface area contributed by atoms with Gasteiger partial charge in [-0.2, -0.15) is 0 Å². The minimum atomic E-state index is -0.357. The Hall–Kier alpha value is -0.420. The van der Waals surface area contributed by atoms with Gasteiger partial charge in [0.25, 0.3) is 0 Å². The summed E-state index contributed by atoms with van der Waals surface area (Å²) in [5.41, 5.74) is 2.34. The molecule has 2 saturated heterocycles. The van der Waals surface area contributed by atoms with Gasteiger partial charge in [-0.3, -0.25) is 0 Å². The molecule has 4 nitrogen and oxygen atoms in total. The Morgan fingerprint density at radius 1 is 0.793 bits per heavy atom. The third-order valence-corrected chi connectivity index (χ3v) is 10.4. The van der Waals surface area contributed by atoms with Crippen LogP contribution < -0.4 is 0 Å². The minimum absolute atomic E-state index is 0.300. The standard InChI is InChI=1S/C25H38O4/c1-22-10-11-25(28-14-15-29-25)16-17(22)4-5-18-19-6-7-21(24(3)26-12-13-27-24)23(19,2)9-8-20(18)22/h4,18-21H,5-16H2,1-3H3. The molecule has 0 aromatic rings. The first kappa shape index (κ1) is 19.3. The van der Waals surface area contributed by atoms with Crippen LogP contribution in [0.2, 0.25) is 0 Å². The molecule has 6 atom stereocenters. The van der Waals surface area contributed by atoms with Gasteiger partial charge in [-0.15, -0.1) is 0 Å². The first-order chi connectivity index (χ1) is 13.9. The van der Waals surface area contributed by atoms with Crippen molar-refractivity contribution >= 4 is 0 Å². The SMILES string of the molecule is CC1(C2CCC3C4CC=C5CC6(CCC5(C)C4CCC32C)OCCO6)OCCO1. The Bertz CT molecular complexity index is 704. The summed E-state index contributed by atoms with van der Waals surface area (Å²) < 4.78 is 24.5. The molecular weight excluding hydrogens is 364 g/mol. The van der Waals surface area contributed by atoms with Crippen molar-refractivity contribution in [2.45, 2.75) is 83.7 Å². The van der Waals surface area contributed by atoms with E-state index in [0.29, 0.717) is 16.7 Å². The van der Waals surface area contributed by atoms with Gasteiger partial charge in [0.1, 0.15) is 0 Å². The highest BCUT2D eigenvalue weighted by Gasteiger charge is 2.63. The van der Waals surface area contributed by atoms with E-state index >= 15 is 0 Å². The normalized spacial score (nSPS) is 50.1. The second kappa shape index (κ2) is 6.31. The number of hydrogen-bond donors (Lipinski definition) is 0. The molecule has 1 spiro atoms. The number of allylic oxidation sites excluding steroid dienone is 1. The molecule has 0 radical (unpaired) electrons. The van der Waals surface area contributed by atoms with Gasteiger partial charge >= 0.3 is 0 Å². The molecule has 6 unspecified atom stereocenters. The van der Waals surface area contributed by atoms with E-state index in [1.54, 1.807) is 5.57 Å². The van der Waals surface area contributed by atoms with E-state index in [0.717, 1.165) is 57.0 Å². The zero-order valence-corrected chi connectivity index (χ0v) is 18.5. The van der Waals surface area contributed by atoms with Crippen LogP contribution in [-0.4, -0.2) is 38.0 Å². The largest absolute Gasteiger partial charge is 0.348 e. The molecule has 0 bridgehead atoms. The molecule has 0 aromatic carbocycles. The summed E-state index contributed by atoms with van der Waals surface area (Å²) in [6, 6.07) is 0. The Labute approximate surface area is 175 Å². The van der Waals surface area contributed by atoms with E-state index in [4.69, 9.17) is 18.9 Å². The van der Waals surface area contributed by atoms with Gasteiger partial charge < -0.3 is 18.9 Å². The van der Waals surface area contributed by atoms with Crippen molar-refractivity contribution in [1.29, 1.82) is 0 Å². The van der Waals surface area contributed by atoms with Crippen molar-refractivity contribution < 1.29 is 18.9 Å². The van der Waals surface area contributed by atoms with Crippen LogP contribution in [0.5, 0.6) is 0 Å². The number of fused-ring (bicyclic) bond motifs is 5. The zero-order chi connectivity index (χ0) is 19.9. The van der Waals surface area contributed by atoms with Crippen molar-refractivity contribution in [2.24, 2.45) is 34.5 Å². The number of hydrogen-bond acceptors (Lipinski definition) is 4. The lowest BCUT2D eigenvalue weighted by molar-refractivity contribution is -0.216. The zero-order valence-electron chi connectivity index (χ0n) is 18.5. The molecule has 0 aromatic heterocycles. The van der Waals surface area contributed by atoms with Gasteiger partial charge in [0.2, 0.25) is 0 Å². The summed E-state index contributed by atoms with van der Waals surface area (Å²) in [6.07, 6.45) is 12.4. The van der Waals surface area contributed by atoms with E-state index in [2.05, 4.69) is 26.8 Å². The van der Waals surface area contributed by atoms with Crippen LogP contribution in [-0.2, 0) is 18.9 Å². The molecule has 162 valence electrons. The maximum absolute atomic E-state index is 6.17. The van der Waals surface area contributed by atoms with Crippen LogP contribution in [0, 0.1) is 34.5 Å². The van der Waals surface area contributed by atoms with Gasteiger partial charge in [0.15, 0.2) is 11.6 Å². The van der Waals surface area contributed by atoms with Crippen molar-refractivity contribution in [3.8, 4) is 0 Å². The summed E-state index contributed by atoms with van der Waals surface area (Å²) in [7, 11) is 0. The summed E-state index contributed by atoms with van der Waals surface area (Å²) >= 11 is 0. The second-order valence-corrected chi connectivity index (χ2v) is 11.4. The number of rotatable bonds is 1. The third-order valence-electron chi connectivity index (χ3n) is 10.4. The van der Waals surface area contributed by atoms with Crippen LogP contribution in [0.1, 0.15) is 72.1 Å². The average Bonchev–Trinajstić information content (AvgIpc) is 3.42. The highest BCUT2D eigenvalue weighted by Crippen LogP contribution is 2.68. The molecular formula is C25H38O4. The second-order valence-electron chi connectivity index (χ2n) is 11.4. The smallest absolute Gasteiger partial charge is 0.172 e. The van der Waals surface area contributed by atoms with E-state index in [-0.39, 0.29) is 11.6 Å². The fourth-order valence-corrected chi connectivity index (χ4v) is 8.94. The topological polar surface area (TPSA) is 36.9 Å². The van der Waals surface area contributed by atoms with Crippen molar-refractivity contribution in [3.05, 3.63) is 11.6 Å². The molecule has 0 amide bonds. The lowest BCUT2D eigenvalue weighted by Crippen LogP contribution is -2.54. The third kappa shape index (κ3) is 2.58. The quantitative estimate of drug-likeness (QED) is 0.574. The van der Waals surface area contributed by atoms with Crippen molar-refractivity contribution in [1.82, 2.24) is 0 Å². The van der Waals surface area contributed by atoms with Gasteiger partial charge in [-0.25, -0.2) is 0 Å². The lowest BCUT2D eigenvalue weighted by atomic mass is 9.47. The van der Waals surface area contributed by atoms with Crippen LogP contribution >= 0.6 is 0 Å². The monoisotopic (exact) mass is 402 g/mol. The summed E-state index contributed by atoms with van der Waals surface area (Å²) in [5.74, 6) is 2.32. The van der Waals surface area contributed by atoms with E-state index in [9.17, 15) is 0 Å². The summed E-state index contributed by atoms with van der Waals surface area (Å²) in [5, 5.41) is 0. The highest BCUT2D eigenvalue weighted by molar-refractivity contribution is 5.27. The first-order valence-corrected chi connectivity index (χ1v) is 12.1. The average molecular weight is 403 g/mol. The van der Waals surface area contributed by atoms with Crippen LogP contribution in [0.3, 0.4) is 0 Å². The number of ether oxygens (including phenoxy) is 4. The van der Waals surface area contributed by atoms with Gasteiger partial charge in [0.05, 0.1) is 26.4 Å². The fraction of sp³-hybridized carbons (Fsp3) is 0.920. The predicted octanol–water partition coefficient (Wildman–Crippen LogP) is 5.07. The first-order valence-electron chi connectivity index (χ1n) is 12.1. The maximum Gasteiger partial charge on any atom is 0.172 e. The fourth-order valence-electron chi connectivity index (χ4n) is 8.94. The Balaban J connectivity index is 1.28. The van der Waals surface area contributed by atoms with Crippen molar-refractivity contribution in [3.63, 3.8) is 0 Å². The van der Waals surface area contributed by atoms with Crippen LogP contribution in [0.15, 0.2) is 11.6 Å². The van der Waals surface area contributed by atoms with Crippen LogP contribution in [0.4, 0.5) is 0 Å². The molecule has 29 heavy (non-hydrogen) atoms. The van der Waals surface area contributed by atoms with E-state index < -0.39 is 0 Å². The van der Waals surface area contributed by atoms with Crippen molar-refractivity contribution in [2.75, 3.05) is 26.4 Å². The Morgan fingerprint density at radius 3 is 2.28 bits per heavy atom.